The molecule has 0 saturated heterocycles. The SMILES string of the molecule is CCc1cc2ncnc(Sc3cccc(CC(C)=O)c3)c2cc1C. The Bertz CT molecular complexity index is 905. The Morgan fingerprint density at radius 1 is 1.17 bits per heavy atom. The fraction of sp³-hybridized carbons (Fsp3) is 0.250. The number of aryl methyl sites for hydroxylation is 2. The highest BCUT2D eigenvalue weighted by Gasteiger charge is 2.09. The zero-order valence-corrected chi connectivity index (χ0v) is 15.0. The Morgan fingerprint density at radius 2 is 2.00 bits per heavy atom. The molecule has 0 amide bonds. The first-order chi connectivity index (χ1) is 11.6. The van der Waals surface area contributed by atoms with E-state index in [1.54, 1.807) is 25.0 Å². The van der Waals surface area contributed by atoms with Gasteiger partial charge < -0.3 is 0 Å². The number of carbonyl (C=O) groups is 1. The fourth-order valence-electron chi connectivity index (χ4n) is 2.81. The van der Waals surface area contributed by atoms with Crippen LogP contribution in [0.5, 0.6) is 0 Å². The number of rotatable bonds is 5. The smallest absolute Gasteiger partial charge is 0.134 e. The summed E-state index contributed by atoms with van der Waals surface area (Å²) in [6, 6.07) is 12.4. The fourth-order valence-corrected chi connectivity index (χ4v) is 3.76. The van der Waals surface area contributed by atoms with Crippen LogP contribution in [0.4, 0.5) is 0 Å². The molecule has 2 aromatic carbocycles. The summed E-state index contributed by atoms with van der Waals surface area (Å²) >= 11 is 1.62. The molecule has 0 spiro atoms. The Kier molecular flexibility index (Phi) is 4.95. The monoisotopic (exact) mass is 336 g/mol. The van der Waals surface area contributed by atoms with E-state index < -0.39 is 0 Å². The normalized spacial score (nSPS) is 11.0. The molecular weight excluding hydrogens is 316 g/mol. The second-order valence-corrected chi connectivity index (χ2v) is 7.02. The van der Waals surface area contributed by atoms with E-state index in [4.69, 9.17) is 0 Å². The summed E-state index contributed by atoms with van der Waals surface area (Å²) in [5.41, 5.74) is 4.61. The summed E-state index contributed by atoms with van der Waals surface area (Å²) < 4.78 is 0. The third-order valence-corrected chi connectivity index (χ3v) is 5.01. The highest BCUT2D eigenvalue weighted by atomic mass is 32.2. The highest BCUT2D eigenvalue weighted by molar-refractivity contribution is 7.99. The average molecular weight is 336 g/mol. The maximum Gasteiger partial charge on any atom is 0.134 e. The van der Waals surface area contributed by atoms with Gasteiger partial charge in [-0.25, -0.2) is 9.97 Å². The number of ketones is 1. The van der Waals surface area contributed by atoms with Gasteiger partial charge in [0.1, 0.15) is 17.1 Å². The van der Waals surface area contributed by atoms with E-state index in [1.165, 1.54) is 11.1 Å². The number of aromatic nitrogens is 2. The van der Waals surface area contributed by atoms with Gasteiger partial charge in [0.05, 0.1) is 5.52 Å². The van der Waals surface area contributed by atoms with Gasteiger partial charge in [-0.3, -0.25) is 4.79 Å². The van der Waals surface area contributed by atoms with Crippen molar-refractivity contribution in [2.45, 2.75) is 43.5 Å². The molecule has 0 aliphatic heterocycles. The van der Waals surface area contributed by atoms with Crippen molar-refractivity contribution in [1.82, 2.24) is 9.97 Å². The molecule has 3 nitrogen and oxygen atoms in total. The molecule has 0 bridgehead atoms. The summed E-state index contributed by atoms with van der Waals surface area (Å²) in [5, 5.41) is 2.03. The number of fused-ring (bicyclic) bond motifs is 1. The Balaban J connectivity index is 1.98. The Hall–Kier alpha value is -2.20. The summed E-state index contributed by atoms with van der Waals surface area (Å²) in [5.74, 6) is 0.173. The van der Waals surface area contributed by atoms with Gasteiger partial charge in [-0.15, -0.1) is 0 Å². The minimum absolute atomic E-state index is 0.173. The molecule has 0 N–H and O–H groups in total. The van der Waals surface area contributed by atoms with Crippen LogP contribution in [-0.4, -0.2) is 15.8 Å². The molecule has 122 valence electrons. The lowest BCUT2D eigenvalue weighted by Crippen LogP contribution is -1.96. The predicted molar refractivity (Wildman–Crippen MR) is 98.6 cm³/mol. The summed E-state index contributed by atoms with van der Waals surface area (Å²) in [7, 11) is 0. The maximum absolute atomic E-state index is 11.3. The van der Waals surface area contributed by atoms with Gasteiger partial charge in [-0.1, -0.05) is 30.8 Å². The van der Waals surface area contributed by atoms with Gasteiger partial charge in [0.25, 0.3) is 0 Å². The van der Waals surface area contributed by atoms with Gasteiger partial charge in [0.15, 0.2) is 0 Å². The van der Waals surface area contributed by atoms with Crippen LogP contribution in [0.3, 0.4) is 0 Å². The standard InChI is InChI=1S/C20H20N2OS/c1-4-16-11-19-18(8-13(16)2)20(22-12-21-19)24-17-7-5-6-15(10-17)9-14(3)23/h5-8,10-12H,4,9H2,1-3H3. The first-order valence-corrected chi connectivity index (χ1v) is 8.89. The van der Waals surface area contributed by atoms with Crippen molar-refractivity contribution in [3.63, 3.8) is 0 Å². The van der Waals surface area contributed by atoms with Crippen molar-refractivity contribution >= 4 is 28.4 Å². The van der Waals surface area contributed by atoms with Crippen LogP contribution in [0.2, 0.25) is 0 Å². The van der Waals surface area contributed by atoms with E-state index in [0.29, 0.717) is 6.42 Å². The molecular formula is C20H20N2OS. The van der Waals surface area contributed by atoms with Gasteiger partial charge >= 0.3 is 0 Å². The Labute approximate surface area is 146 Å². The third-order valence-electron chi connectivity index (χ3n) is 4.00. The van der Waals surface area contributed by atoms with Crippen molar-refractivity contribution in [1.29, 1.82) is 0 Å². The van der Waals surface area contributed by atoms with Crippen LogP contribution in [0, 0.1) is 6.92 Å². The van der Waals surface area contributed by atoms with E-state index in [2.05, 4.69) is 48.1 Å². The topological polar surface area (TPSA) is 42.9 Å². The first kappa shape index (κ1) is 16.7. The molecule has 3 aromatic rings. The molecule has 0 aliphatic rings. The van der Waals surface area contributed by atoms with Crippen molar-refractivity contribution < 1.29 is 4.79 Å². The lowest BCUT2D eigenvalue weighted by molar-refractivity contribution is -0.116. The zero-order valence-electron chi connectivity index (χ0n) is 14.2. The lowest BCUT2D eigenvalue weighted by atomic mass is 10.0. The molecule has 24 heavy (non-hydrogen) atoms. The molecule has 0 saturated carbocycles. The molecule has 0 fully saturated rings. The van der Waals surface area contributed by atoms with E-state index in [-0.39, 0.29) is 5.78 Å². The second kappa shape index (κ2) is 7.14. The van der Waals surface area contributed by atoms with Crippen molar-refractivity contribution in [3.8, 4) is 0 Å². The summed E-state index contributed by atoms with van der Waals surface area (Å²) in [6.45, 7) is 5.91. The van der Waals surface area contributed by atoms with Crippen LogP contribution < -0.4 is 0 Å². The highest BCUT2D eigenvalue weighted by Crippen LogP contribution is 2.32. The molecule has 3 rings (SSSR count). The molecule has 1 aromatic heterocycles. The van der Waals surface area contributed by atoms with E-state index in [9.17, 15) is 4.79 Å². The predicted octanol–water partition coefficient (Wildman–Crippen LogP) is 4.78. The largest absolute Gasteiger partial charge is 0.300 e. The average Bonchev–Trinajstić information content (AvgIpc) is 2.54. The van der Waals surface area contributed by atoms with Crippen molar-refractivity contribution in [3.05, 3.63) is 59.4 Å². The van der Waals surface area contributed by atoms with Crippen LogP contribution in [0.25, 0.3) is 10.9 Å². The van der Waals surface area contributed by atoms with Gasteiger partial charge in [0, 0.05) is 16.7 Å². The number of Topliss-reactive ketones (excluding diaryl/α,β-unsaturated/α-hetero) is 1. The van der Waals surface area contributed by atoms with Crippen LogP contribution >= 0.6 is 11.8 Å². The third kappa shape index (κ3) is 3.65. The number of benzene rings is 2. The lowest BCUT2D eigenvalue weighted by Gasteiger charge is -2.09. The quantitative estimate of drug-likeness (QED) is 0.629. The summed E-state index contributed by atoms with van der Waals surface area (Å²) in [6.07, 6.45) is 3.10. The number of hydrogen-bond acceptors (Lipinski definition) is 4. The van der Waals surface area contributed by atoms with Gasteiger partial charge in [0.2, 0.25) is 0 Å². The first-order valence-electron chi connectivity index (χ1n) is 8.07. The molecule has 0 atom stereocenters. The number of hydrogen-bond donors (Lipinski definition) is 0. The van der Waals surface area contributed by atoms with Crippen molar-refractivity contribution in [2.24, 2.45) is 0 Å². The van der Waals surface area contributed by atoms with Crippen LogP contribution in [0.15, 0.2) is 52.6 Å². The van der Waals surface area contributed by atoms with Crippen LogP contribution in [-0.2, 0) is 17.6 Å². The van der Waals surface area contributed by atoms with E-state index >= 15 is 0 Å². The second-order valence-electron chi connectivity index (χ2n) is 5.96. The molecule has 0 unspecified atom stereocenters. The Morgan fingerprint density at radius 3 is 2.75 bits per heavy atom. The van der Waals surface area contributed by atoms with Crippen LogP contribution in [0.1, 0.15) is 30.5 Å². The maximum atomic E-state index is 11.3. The molecule has 0 aliphatic carbocycles. The number of nitrogens with zero attached hydrogens (tertiary/aromatic N) is 2. The molecule has 0 radical (unpaired) electrons. The molecule has 1 heterocycles. The van der Waals surface area contributed by atoms with Gasteiger partial charge in [-0.2, -0.15) is 0 Å². The number of carbonyl (C=O) groups excluding carboxylic acids is 1. The van der Waals surface area contributed by atoms with Gasteiger partial charge in [-0.05, 0) is 61.2 Å². The molecule has 4 heteroatoms. The van der Waals surface area contributed by atoms with E-state index in [0.717, 1.165) is 32.8 Å². The zero-order chi connectivity index (χ0) is 17.1. The minimum Gasteiger partial charge on any atom is -0.300 e. The van der Waals surface area contributed by atoms with Crippen molar-refractivity contribution in [2.75, 3.05) is 0 Å². The minimum atomic E-state index is 0.173. The van der Waals surface area contributed by atoms with E-state index in [1.807, 2.05) is 12.1 Å². The summed E-state index contributed by atoms with van der Waals surface area (Å²) in [4.78, 5) is 21.3.